The lowest BCUT2D eigenvalue weighted by molar-refractivity contribution is -0.116. The molecule has 1 amide bonds. The largest absolute Gasteiger partial charge is 0.326 e. The third kappa shape index (κ3) is 4.21. The number of anilines is 1. The Morgan fingerprint density at radius 1 is 1.14 bits per heavy atom. The minimum Gasteiger partial charge on any atom is -0.326 e. The predicted octanol–water partition coefficient (Wildman–Crippen LogP) is 5.04. The molecule has 0 unspecified atom stereocenters. The van der Waals surface area contributed by atoms with Crippen molar-refractivity contribution in [3.05, 3.63) is 54.2 Å². The number of hydrogen-bond donors (Lipinski definition) is 1. The van der Waals surface area contributed by atoms with Crippen molar-refractivity contribution in [3.63, 3.8) is 0 Å². The molecule has 1 fully saturated rings. The second kappa shape index (κ2) is 8.50. The molecule has 0 bridgehead atoms. The summed E-state index contributed by atoms with van der Waals surface area (Å²) in [6.45, 7) is 0. The average Bonchev–Trinajstić information content (AvgIpc) is 3.08. The third-order valence-corrected chi connectivity index (χ3v) is 5.39. The molecule has 0 atom stereocenters. The molecule has 1 saturated carbocycles. The molecular weight excluding hydrogens is 355 g/mol. The van der Waals surface area contributed by atoms with E-state index in [1.54, 1.807) is 12.1 Å². The van der Waals surface area contributed by atoms with E-state index in [1.165, 1.54) is 44.2 Å². The molecule has 1 N–H and O–H groups in total. The van der Waals surface area contributed by atoms with Crippen molar-refractivity contribution in [1.29, 1.82) is 0 Å². The zero-order chi connectivity index (χ0) is 19.3. The van der Waals surface area contributed by atoms with Gasteiger partial charge in [0.2, 0.25) is 5.91 Å². The SMILES string of the molecule is O=C(CCCc1nc2cccnc2n1C1CCCCC1)Nc1ccc(F)cc1. The number of pyridine rings is 1. The van der Waals surface area contributed by atoms with Crippen molar-refractivity contribution < 1.29 is 9.18 Å². The Morgan fingerprint density at radius 2 is 1.93 bits per heavy atom. The van der Waals surface area contributed by atoms with Gasteiger partial charge in [-0.2, -0.15) is 0 Å². The summed E-state index contributed by atoms with van der Waals surface area (Å²) >= 11 is 0. The number of aryl methyl sites for hydroxylation is 1. The second-order valence-corrected chi connectivity index (χ2v) is 7.44. The number of aromatic nitrogens is 3. The Morgan fingerprint density at radius 3 is 2.71 bits per heavy atom. The molecule has 0 radical (unpaired) electrons. The fourth-order valence-corrected chi connectivity index (χ4v) is 4.04. The van der Waals surface area contributed by atoms with Gasteiger partial charge in [-0.1, -0.05) is 19.3 Å². The second-order valence-electron chi connectivity index (χ2n) is 7.44. The van der Waals surface area contributed by atoms with Crippen LogP contribution < -0.4 is 5.32 Å². The monoisotopic (exact) mass is 380 g/mol. The van der Waals surface area contributed by atoms with Crippen LogP contribution in [0.1, 0.15) is 56.8 Å². The number of hydrogen-bond acceptors (Lipinski definition) is 3. The minimum absolute atomic E-state index is 0.0648. The number of benzene rings is 1. The molecule has 2 heterocycles. The van der Waals surface area contributed by atoms with Crippen molar-refractivity contribution in [3.8, 4) is 0 Å². The lowest BCUT2D eigenvalue weighted by atomic mass is 9.95. The number of rotatable bonds is 6. The van der Waals surface area contributed by atoms with Crippen molar-refractivity contribution in [2.45, 2.75) is 57.4 Å². The molecule has 0 aliphatic heterocycles. The van der Waals surface area contributed by atoms with E-state index in [-0.39, 0.29) is 11.7 Å². The van der Waals surface area contributed by atoms with Gasteiger partial charge in [0, 0.05) is 30.8 Å². The summed E-state index contributed by atoms with van der Waals surface area (Å²) in [4.78, 5) is 21.6. The number of nitrogens with one attached hydrogen (secondary N) is 1. The van der Waals surface area contributed by atoms with Crippen LogP contribution in [0.25, 0.3) is 11.2 Å². The average molecular weight is 380 g/mol. The van der Waals surface area contributed by atoms with Crippen molar-refractivity contribution in [2.24, 2.45) is 0 Å². The first kappa shape index (κ1) is 18.6. The van der Waals surface area contributed by atoms with E-state index in [0.29, 0.717) is 24.6 Å². The standard InChI is InChI=1S/C22H25FN4O/c23-16-11-13-17(14-12-16)25-21(28)10-4-9-20-26-19-8-5-15-24-22(19)27(20)18-6-2-1-3-7-18/h5,8,11-15,18H,1-4,6-7,9-10H2,(H,25,28). The summed E-state index contributed by atoms with van der Waals surface area (Å²) in [5, 5.41) is 2.81. The summed E-state index contributed by atoms with van der Waals surface area (Å²) in [5.74, 6) is 0.647. The first-order chi connectivity index (χ1) is 13.7. The molecule has 4 rings (SSSR count). The maximum Gasteiger partial charge on any atom is 0.224 e. The number of imidazole rings is 1. The van der Waals surface area contributed by atoms with E-state index in [0.717, 1.165) is 23.4 Å². The van der Waals surface area contributed by atoms with Crippen molar-refractivity contribution in [1.82, 2.24) is 14.5 Å². The number of nitrogens with zero attached hydrogens (tertiary/aromatic N) is 3. The maximum absolute atomic E-state index is 13.0. The predicted molar refractivity (Wildman–Crippen MR) is 108 cm³/mol. The topological polar surface area (TPSA) is 59.8 Å². The molecule has 28 heavy (non-hydrogen) atoms. The summed E-state index contributed by atoms with van der Waals surface area (Å²) in [6, 6.07) is 10.2. The molecular formula is C22H25FN4O. The van der Waals surface area contributed by atoms with Gasteiger partial charge in [-0.25, -0.2) is 14.4 Å². The highest BCUT2D eigenvalue weighted by Gasteiger charge is 2.22. The van der Waals surface area contributed by atoms with E-state index < -0.39 is 0 Å². The van der Waals surface area contributed by atoms with Crippen molar-refractivity contribution >= 4 is 22.8 Å². The summed E-state index contributed by atoms with van der Waals surface area (Å²) in [6.07, 6.45) is 9.80. The van der Waals surface area contributed by atoms with E-state index in [4.69, 9.17) is 4.98 Å². The molecule has 5 nitrogen and oxygen atoms in total. The highest BCUT2D eigenvalue weighted by Crippen LogP contribution is 2.32. The van der Waals surface area contributed by atoms with Gasteiger partial charge in [-0.3, -0.25) is 4.79 Å². The fourth-order valence-electron chi connectivity index (χ4n) is 4.04. The Labute approximate surface area is 164 Å². The normalized spacial score (nSPS) is 15.0. The number of carbonyl (C=O) groups is 1. The smallest absolute Gasteiger partial charge is 0.224 e. The Bertz CT molecular complexity index is 945. The Hall–Kier alpha value is -2.76. The minimum atomic E-state index is -0.312. The number of fused-ring (bicyclic) bond motifs is 1. The summed E-state index contributed by atoms with van der Waals surface area (Å²) in [7, 11) is 0. The zero-order valence-corrected chi connectivity index (χ0v) is 15.9. The molecule has 2 aromatic heterocycles. The number of halogens is 1. The molecule has 0 saturated heterocycles. The highest BCUT2D eigenvalue weighted by atomic mass is 19.1. The lowest BCUT2D eigenvalue weighted by Gasteiger charge is -2.25. The van der Waals surface area contributed by atoms with Crippen LogP contribution >= 0.6 is 0 Å². The van der Waals surface area contributed by atoms with Gasteiger partial charge in [0.25, 0.3) is 0 Å². The van der Waals surface area contributed by atoms with E-state index in [2.05, 4.69) is 14.9 Å². The molecule has 1 aliphatic carbocycles. The van der Waals surface area contributed by atoms with E-state index in [1.807, 2.05) is 18.3 Å². The van der Waals surface area contributed by atoms with Crippen LogP contribution in [0, 0.1) is 5.82 Å². The Kier molecular flexibility index (Phi) is 5.65. The first-order valence-corrected chi connectivity index (χ1v) is 10.1. The van der Waals surface area contributed by atoms with Gasteiger partial charge >= 0.3 is 0 Å². The van der Waals surface area contributed by atoms with Crippen LogP contribution in [0.2, 0.25) is 0 Å². The van der Waals surface area contributed by atoms with Gasteiger partial charge in [0.1, 0.15) is 17.2 Å². The summed E-state index contributed by atoms with van der Waals surface area (Å²) < 4.78 is 15.3. The van der Waals surface area contributed by atoms with Gasteiger partial charge in [-0.15, -0.1) is 0 Å². The van der Waals surface area contributed by atoms with Crippen LogP contribution in [-0.4, -0.2) is 20.4 Å². The molecule has 1 aliphatic rings. The van der Waals surface area contributed by atoms with Gasteiger partial charge in [0.15, 0.2) is 5.65 Å². The zero-order valence-electron chi connectivity index (χ0n) is 15.9. The van der Waals surface area contributed by atoms with Crippen LogP contribution in [-0.2, 0) is 11.2 Å². The van der Waals surface area contributed by atoms with Gasteiger partial charge in [0.05, 0.1) is 0 Å². The van der Waals surface area contributed by atoms with Crippen LogP contribution in [0.3, 0.4) is 0 Å². The Balaban J connectivity index is 1.42. The molecule has 3 aromatic rings. The van der Waals surface area contributed by atoms with Crippen LogP contribution in [0.5, 0.6) is 0 Å². The molecule has 1 aromatic carbocycles. The van der Waals surface area contributed by atoms with Crippen LogP contribution in [0.4, 0.5) is 10.1 Å². The molecule has 146 valence electrons. The summed E-state index contributed by atoms with van der Waals surface area (Å²) in [5.41, 5.74) is 2.50. The molecule has 0 spiro atoms. The third-order valence-electron chi connectivity index (χ3n) is 5.39. The van der Waals surface area contributed by atoms with E-state index >= 15 is 0 Å². The van der Waals surface area contributed by atoms with E-state index in [9.17, 15) is 9.18 Å². The van der Waals surface area contributed by atoms with Crippen molar-refractivity contribution in [2.75, 3.05) is 5.32 Å². The quantitative estimate of drug-likeness (QED) is 0.652. The number of carbonyl (C=O) groups excluding carboxylic acids is 1. The first-order valence-electron chi connectivity index (χ1n) is 10.1. The highest BCUT2D eigenvalue weighted by molar-refractivity contribution is 5.90. The number of amides is 1. The van der Waals surface area contributed by atoms with Crippen LogP contribution in [0.15, 0.2) is 42.6 Å². The lowest BCUT2D eigenvalue weighted by Crippen LogP contribution is -2.17. The maximum atomic E-state index is 13.0. The molecule has 6 heteroatoms. The fraction of sp³-hybridized carbons (Fsp3) is 0.409. The van der Waals surface area contributed by atoms with Gasteiger partial charge in [-0.05, 0) is 55.7 Å². The van der Waals surface area contributed by atoms with Gasteiger partial charge < -0.3 is 9.88 Å².